The zero-order valence-corrected chi connectivity index (χ0v) is 41.5. The Morgan fingerprint density at radius 2 is 0.939 bits per heavy atom. The fourth-order valence-electron chi connectivity index (χ4n) is 9.06. The lowest BCUT2D eigenvalue weighted by molar-refractivity contribution is -0.359. The number of carbonyl (C=O) groups is 1. The van der Waals surface area contributed by atoms with Crippen molar-refractivity contribution in [3.63, 3.8) is 0 Å². The lowest BCUT2D eigenvalue weighted by Crippen LogP contribution is -2.65. The summed E-state index contributed by atoms with van der Waals surface area (Å²) < 4.78 is 22.7. The van der Waals surface area contributed by atoms with E-state index >= 15 is 0 Å². The Hall–Kier alpha value is -1.27. The molecule has 390 valence electrons. The van der Waals surface area contributed by atoms with Crippen LogP contribution >= 0.6 is 0 Å². The van der Waals surface area contributed by atoms with E-state index in [-0.39, 0.29) is 18.9 Å². The third-order valence-corrected chi connectivity index (χ3v) is 13.5. The molecule has 0 radical (unpaired) electrons. The van der Waals surface area contributed by atoms with Gasteiger partial charge in [-0.3, -0.25) is 4.79 Å². The SMILES string of the molecule is CCCCCCCCCCCCCCCCCCCCCCC/C=C/C(O)C(COC1OC(CO)C(OC2OC(CO)C(O)C(O)C2O)C(O)C1O)NC(=O)CCCCCCCCCCC. The van der Waals surface area contributed by atoms with Crippen LogP contribution in [0.4, 0.5) is 0 Å². The molecule has 0 saturated carbocycles. The number of hydrogen-bond acceptors (Lipinski definition) is 13. The highest BCUT2D eigenvalue weighted by atomic mass is 16.7. The molecule has 0 aromatic rings. The molecule has 9 N–H and O–H groups in total. The van der Waals surface area contributed by atoms with Crippen LogP contribution in [0.1, 0.15) is 219 Å². The van der Waals surface area contributed by atoms with Gasteiger partial charge in [-0.15, -0.1) is 0 Å². The Morgan fingerprint density at radius 1 is 0.530 bits per heavy atom. The molecule has 66 heavy (non-hydrogen) atoms. The van der Waals surface area contributed by atoms with Crippen molar-refractivity contribution in [2.45, 2.75) is 293 Å². The zero-order valence-electron chi connectivity index (χ0n) is 41.5. The maximum absolute atomic E-state index is 13.1. The summed E-state index contributed by atoms with van der Waals surface area (Å²) in [4.78, 5) is 13.1. The molecule has 2 aliphatic rings. The lowest BCUT2D eigenvalue weighted by atomic mass is 9.97. The minimum absolute atomic E-state index is 0.241. The van der Waals surface area contributed by atoms with Crippen molar-refractivity contribution in [3.8, 4) is 0 Å². The normalized spacial score (nSPS) is 26.8. The molecule has 0 bridgehead atoms. The topological polar surface area (TPSA) is 228 Å². The summed E-state index contributed by atoms with van der Waals surface area (Å²) in [5.74, 6) is -0.241. The van der Waals surface area contributed by atoms with Gasteiger partial charge in [0.15, 0.2) is 12.6 Å². The van der Waals surface area contributed by atoms with Crippen LogP contribution in [-0.2, 0) is 23.7 Å². The van der Waals surface area contributed by atoms with Crippen LogP contribution in [0.5, 0.6) is 0 Å². The molecule has 2 saturated heterocycles. The van der Waals surface area contributed by atoms with Gasteiger partial charge in [-0.2, -0.15) is 0 Å². The van der Waals surface area contributed by atoms with Crippen LogP contribution in [0.25, 0.3) is 0 Å². The molecule has 0 aliphatic carbocycles. The number of allylic oxidation sites excluding steroid dienone is 1. The Labute approximate surface area is 399 Å². The van der Waals surface area contributed by atoms with Gasteiger partial charge in [-0.1, -0.05) is 206 Å². The maximum Gasteiger partial charge on any atom is 0.220 e. The summed E-state index contributed by atoms with van der Waals surface area (Å²) in [6.07, 6.45) is 25.6. The van der Waals surface area contributed by atoms with Crippen molar-refractivity contribution >= 4 is 5.91 Å². The van der Waals surface area contributed by atoms with Gasteiger partial charge < -0.3 is 65.1 Å². The van der Waals surface area contributed by atoms with Crippen molar-refractivity contribution in [3.05, 3.63) is 12.2 Å². The van der Waals surface area contributed by atoms with Crippen molar-refractivity contribution < 1.29 is 64.6 Å². The molecule has 12 atom stereocenters. The highest BCUT2D eigenvalue weighted by Crippen LogP contribution is 2.30. The Bertz CT molecular complexity index is 1160. The average molecular weight is 946 g/mol. The van der Waals surface area contributed by atoms with E-state index in [0.717, 1.165) is 38.5 Å². The van der Waals surface area contributed by atoms with Crippen LogP contribution in [-0.4, -0.2) is 140 Å². The van der Waals surface area contributed by atoms with E-state index in [9.17, 15) is 45.6 Å². The summed E-state index contributed by atoms with van der Waals surface area (Å²) in [6, 6.07) is -0.907. The average Bonchev–Trinajstić information content (AvgIpc) is 3.31. The molecule has 0 aromatic carbocycles. The first kappa shape index (κ1) is 60.9. The second-order valence-corrected chi connectivity index (χ2v) is 19.4. The largest absolute Gasteiger partial charge is 0.394 e. The fourth-order valence-corrected chi connectivity index (χ4v) is 9.06. The maximum atomic E-state index is 13.1. The first-order valence-electron chi connectivity index (χ1n) is 26.9. The quantitative estimate of drug-likeness (QED) is 0.0213. The van der Waals surface area contributed by atoms with E-state index in [1.165, 1.54) is 154 Å². The molecular formula is C52H99NO13. The van der Waals surface area contributed by atoms with Gasteiger partial charge in [0.05, 0.1) is 32.0 Å². The van der Waals surface area contributed by atoms with Crippen LogP contribution in [0, 0.1) is 0 Å². The van der Waals surface area contributed by atoms with Crippen LogP contribution in [0.3, 0.4) is 0 Å². The van der Waals surface area contributed by atoms with Crippen molar-refractivity contribution in [2.75, 3.05) is 19.8 Å². The molecule has 14 nitrogen and oxygen atoms in total. The van der Waals surface area contributed by atoms with E-state index < -0.39 is 86.8 Å². The summed E-state index contributed by atoms with van der Waals surface area (Å²) in [6.45, 7) is 2.77. The molecule has 12 unspecified atom stereocenters. The molecule has 14 heteroatoms. The standard InChI is InChI=1S/C52H99NO13/c1-3-5-7-9-11-13-14-15-16-17-18-19-20-21-22-23-24-25-26-28-29-31-33-35-41(56)40(53-44(57)36-34-32-30-27-12-10-8-6-4-2)39-63-51-49(62)47(60)50(43(38-55)65-51)66-52-48(61)46(59)45(58)42(37-54)64-52/h33,35,40-43,45-52,54-56,58-62H,3-32,34,36-39H2,1-2H3,(H,53,57)/b35-33+. The molecule has 2 heterocycles. The Kier molecular flexibility index (Phi) is 36.4. The number of ether oxygens (including phenoxy) is 4. The number of amides is 1. The highest BCUT2D eigenvalue weighted by Gasteiger charge is 2.51. The second kappa shape index (κ2) is 39.5. The van der Waals surface area contributed by atoms with E-state index in [1.54, 1.807) is 6.08 Å². The van der Waals surface area contributed by atoms with Crippen LogP contribution in [0.2, 0.25) is 0 Å². The molecule has 2 aliphatic heterocycles. The van der Waals surface area contributed by atoms with Gasteiger partial charge in [-0.25, -0.2) is 0 Å². The first-order valence-corrected chi connectivity index (χ1v) is 26.9. The predicted molar refractivity (Wildman–Crippen MR) is 259 cm³/mol. The third kappa shape index (κ3) is 26.1. The minimum Gasteiger partial charge on any atom is -0.394 e. The van der Waals surface area contributed by atoms with Gasteiger partial charge in [0.1, 0.15) is 48.8 Å². The number of hydrogen-bond donors (Lipinski definition) is 9. The number of nitrogens with one attached hydrogen (secondary N) is 1. The number of aliphatic hydroxyl groups is 8. The molecule has 0 aromatic heterocycles. The Balaban J connectivity index is 1.76. The third-order valence-electron chi connectivity index (χ3n) is 13.5. The summed E-state index contributed by atoms with van der Waals surface area (Å²) in [5, 5.41) is 86.7. The fraction of sp³-hybridized carbons (Fsp3) is 0.942. The molecule has 1 amide bonds. The van der Waals surface area contributed by atoms with Gasteiger partial charge >= 0.3 is 0 Å². The first-order chi connectivity index (χ1) is 32.1. The number of unbranched alkanes of at least 4 members (excludes halogenated alkanes) is 29. The summed E-state index contributed by atoms with van der Waals surface area (Å²) in [7, 11) is 0. The van der Waals surface area contributed by atoms with Gasteiger partial charge in [-0.05, 0) is 19.3 Å². The molecule has 0 spiro atoms. The van der Waals surface area contributed by atoms with Gasteiger partial charge in [0.25, 0.3) is 0 Å². The van der Waals surface area contributed by atoms with E-state index in [4.69, 9.17) is 18.9 Å². The van der Waals surface area contributed by atoms with E-state index in [2.05, 4.69) is 19.2 Å². The highest BCUT2D eigenvalue weighted by molar-refractivity contribution is 5.76. The van der Waals surface area contributed by atoms with Crippen LogP contribution < -0.4 is 5.32 Å². The predicted octanol–water partition coefficient (Wildman–Crippen LogP) is 7.55. The van der Waals surface area contributed by atoms with E-state index in [1.807, 2.05) is 6.08 Å². The zero-order chi connectivity index (χ0) is 48.2. The van der Waals surface area contributed by atoms with Crippen molar-refractivity contribution in [2.24, 2.45) is 0 Å². The lowest BCUT2D eigenvalue weighted by Gasteiger charge is -2.46. The summed E-state index contributed by atoms with van der Waals surface area (Å²) in [5.41, 5.74) is 0. The van der Waals surface area contributed by atoms with Crippen LogP contribution in [0.15, 0.2) is 12.2 Å². The van der Waals surface area contributed by atoms with Crippen molar-refractivity contribution in [1.29, 1.82) is 0 Å². The molecule has 2 rings (SSSR count). The smallest absolute Gasteiger partial charge is 0.220 e. The summed E-state index contributed by atoms with van der Waals surface area (Å²) >= 11 is 0. The van der Waals surface area contributed by atoms with Gasteiger partial charge in [0.2, 0.25) is 5.91 Å². The minimum atomic E-state index is -1.78. The van der Waals surface area contributed by atoms with Crippen molar-refractivity contribution in [1.82, 2.24) is 5.32 Å². The monoisotopic (exact) mass is 946 g/mol. The number of carbonyl (C=O) groups excluding carboxylic acids is 1. The molecular weight excluding hydrogens is 847 g/mol. The second-order valence-electron chi connectivity index (χ2n) is 19.4. The Morgan fingerprint density at radius 3 is 1.39 bits per heavy atom. The number of rotatable bonds is 42. The van der Waals surface area contributed by atoms with E-state index in [0.29, 0.717) is 6.42 Å². The van der Waals surface area contributed by atoms with Gasteiger partial charge in [0, 0.05) is 6.42 Å². The number of aliphatic hydroxyl groups excluding tert-OH is 8. The molecule has 2 fully saturated rings.